The minimum atomic E-state index is -0.710. The van der Waals surface area contributed by atoms with Crippen molar-refractivity contribution in [1.29, 1.82) is 0 Å². The molecule has 0 spiro atoms. The number of thioether (sulfide) groups is 1. The fourth-order valence-corrected chi connectivity index (χ4v) is 5.10. The summed E-state index contributed by atoms with van der Waals surface area (Å²) in [6.07, 6.45) is 4.65. The third-order valence-corrected chi connectivity index (χ3v) is 6.20. The molecule has 0 bridgehead atoms. The molecule has 1 aromatic heterocycles. The average Bonchev–Trinajstić information content (AvgIpc) is 2.89. The summed E-state index contributed by atoms with van der Waals surface area (Å²) < 4.78 is 0. The van der Waals surface area contributed by atoms with Crippen LogP contribution in [0, 0.1) is 0 Å². The zero-order valence-electron chi connectivity index (χ0n) is 12.9. The van der Waals surface area contributed by atoms with Crippen molar-refractivity contribution in [2.75, 3.05) is 18.1 Å². The summed E-state index contributed by atoms with van der Waals surface area (Å²) in [5.41, 5.74) is 0.581. The smallest absolute Gasteiger partial charge is 0.261 e. The topological polar surface area (TPSA) is 49.3 Å². The van der Waals surface area contributed by atoms with Crippen LogP contribution in [0.1, 0.15) is 53.2 Å². The van der Waals surface area contributed by atoms with E-state index in [2.05, 4.69) is 19.2 Å². The van der Waals surface area contributed by atoms with Crippen LogP contribution < -0.4 is 5.32 Å². The van der Waals surface area contributed by atoms with E-state index in [4.69, 9.17) is 0 Å². The summed E-state index contributed by atoms with van der Waals surface area (Å²) in [6, 6.07) is 2.02. The summed E-state index contributed by atoms with van der Waals surface area (Å²) in [6.45, 7) is 4.66. The van der Waals surface area contributed by atoms with E-state index in [1.165, 1.54) is 10.4 Å². The highest BCUT2D eigenvalue weighted by Crippen LogP contribution is 2.27. The molecule has 0 aromatic carbocycles. The molecule has 2 N–H and O–H groups in total. The third kappa shape index (κ3) is 4.47. The van der Waals surface area contributed by atoms with Gasteiger partial charge in [-0.25, -0.2) is 0 Å². The van der Waals surface area contributed by atoms with Gasteiger partial charge in [0, 0.05) is 11.4 Å². The van der Waals surface area contributed by atoms with Crippen LogP contribution in [0.5, 0.6) is 0 Å². The molecule has 1 fully saturated rings. The number of nitrogens with one attached hydrogen (secondary N) is 1. The molecule has 1 aromatic rings. The predicted octanol–water partition coefficient (Wildman–Crippen LogP) is 3.25. The maximum Gasteiger partial charge on any atom is 0.261 e. The van der Waals surface area contributed by atoms with Gasteiger partial charge in [0.2, 0.25) is 0 Å². The number of hydrogen-bond acceptors (Lipinski definition) is 4. The molecule has 5 heteroatoms. The molecule has 0 radical (unpaired) electrons. The molecule has 3 nitrogen and oxygen atoms in total. The monoisotopic (exact) mass is 327 g/mol. The predicted molar refractivity (Wildman–Crippen MR) is 91.5 cm³/mol. The summed E-state index contributed by atoms with van der Waals surface area (Å²) in [5.74, 6) is 1.92. The molecule has 0 atom stereocenters. The van der Waals surface area contributed by atoms with Gasteiger partial charge in [-0.3, -0.25) is 4.79 Å². The highest BCUT2D eigenvalue weighted by atomic mass is 32.2. The van der Waals surface area contributed by atoms with E-state index in [1.54, 1.807) is 11.3 Å². The van der Waals surface area contributed by atoms with E-state index in [1.807, 2.05) is 17.8 Å². The minimum absolute atomic E-state index is 0.0382. The van der Waals surface area contributed by atoms with Crippen molar-refractivity contribution in [3.05, 3.63) is 21.4 Å². The number of amides is 1. The Kier molecular flexibility index (Phi) is 6.14. The molecule has 0 aliphatic carbocycles. The van der Waals surface area contributed by atoms with Crippen LogP contribution in [-0.4, -0.2) is 34.7 Å². The third-order valence-electron chi connectivity index (χ3n) is 3.98. The molecule has 2 rings (SSSR count). The molecule has 1 aliphatic heterocycles. The van der Waals surface area contributed by atoms with Crippen LogP contribution in [0.4, 0.5) is 0 Å². The highest BCUT2D eigenvalue weighted by Gasteiger charge is 2.30. The first-order valence-corrected chi connectivity index (χ1v) is 9.75. The van der Waals surface area contributed by atoms with E-state index in [-0.39, 0.29) is 5.91 Å². The fraction of sp³-hybridized carbons (Fsp3) is 0.688. The van der Waals surface area contributed by atoms with Crippen LogP contribution in [0.15, 0.2) is 6.07 Å². The van der Waals surface area contributed by atoms with Crippen LogP contribution in [-0.2, 0) is 12.8 Å². The Hall–Kier alpha value is -0.520. The van der Waals surface area contributed by atoms with Gasteiger partial charge in [0.05, 0.1) is 10.5 Å². The van der Waals surface area contributed by atoms with Gasteiger partial charge in [0.15, 0.2) is 0 Å². The molecule has 118 valence electrons. The molecular weight excluding hydrogens is 302 g/mol. The van der Waals surface area contributed by atoms with Gasteiger partial charge in [-0.05, 0) is 48.8 Å². The van der Waals surface area contributed by atoms with Crippen molar-refractivity contribution >= 4 is 29.0 Å². The molecular formula is C16H25NO2S2. The molecule has 1 amide bonds. The Morgan fingerprint density at radius 2 is 2.10 bits per heavy atom. The normalized spacial score (nSPS) is 17.7. The Balaban J connectivity index is 1.96. The molecule has 2 heterocycles. The van der Waals surface area contributed by atoms with Gasteiger partial charge in [0.1, 0.15) is 0 Å². The molecule has 21 heavy (non-hydrogen) atoms. The van der Waals surface area contributed by atoms with Crippen molar-refractivity contribution in [1.82, 2.24) is 5.32 Å². The van der Waals surface area contributed by atoms with Crippen LogP contribution >= 0.6 is 23.1 Å². The van der Waals surface area contributed by atoms with Crippen molar-refractivity contribution in [3.8, 4) is 0 Å². The summed E-state index contributed by atoms with van der Waals surface area (Å²) >= 11 is 3.48. The lowest BCUT2D eigenvalue weighted by Gasteiger charge is -2.31. The number of carbonyl (C=O) groups is 1. The fourth-order valence-electron chi connectivity index (χ4n) is 2.58. The number of hydrogen-bond donors (Lipinski definition) is 2. The van der Waals surface area contributed by atoms with Gasteiger partial charge in [-0.15, -0.1) is 11.3 Å². The Bertz CT molecular complexity index is 479. The highest BCUT2D eigenvalue weighted by molar-refractivity contribution is 7.99. The van der Waals surface area contributed by atoms with Crippen molar-refractivity contribution in [2.45, 2.75) is 51.6 Å². The second-order valence-corrected chi connectivity index (χ2v) is 8.04. The van der Waals surface area contributed by atoms with Crippen molar-refractivity contribution < 1.29 is 9.90 Å². The summed E-state index contributed by atoms with van der Waals surface area (Å²) in [7, 11) is 0. The second-order valence-electron chi connectivity index (χ2n) is 5.68. The lowest BCUT2D eigenvalue weighted by atomic mass is 9.97. The van der Waals surface area contributed by atoms with E-state index in [9.17, 15) is 9.90 Å². The zero-order chi connectivity index (χ0) is 15.3. The van der Waals surface area contributed by atoms with Gasteiger partial charge >= 0.3 is 0 Å². The number of thiophene rings is 1. The van der Waals surface area contributed by atoms with E-state index in [0.717, 1.165) is 48.5 Å². The van der Waals surface area contributed by atoms with Gasteiger partial charge in [-0.2, -0.15) is 11.8 Å². The molecule has 0 saturated carbocycles. The first kappa shape index (κ1) is 16.8. The Morgan fingerprint density at radius 1 is 1.38 bits per heavy atom. The Labute approximate surface area is 135 Å². The first-order chi connectivity index (χ1) is 10.1. The lowest BCUT2D eigenvalue weighted by molar-refractivity contribution is 0.0312. The van der Waals surface area contributed by atoms with Gasteiger partial charge < -0.3 is 10.4 Å². The van der Waals surface area contributed by atoms with Crippen molar-refractivity contribution in [2.24, 2.45) is 0 Å². The zero-order valence-corrected chi connectivity index (χ0v) is 14.5. The first-order valence-electron chi connectivity index (χ1n) is 7.78. The second kappa shape index (κ2) is 7.65. The number of aryl methyl sites for hydroxylation is 2. The SMILES string of the molecule is CCCc1sc(C(=O)NCC2(O)CCSCC2)cc1CC. The largest absolute Gasteiger partial charge is 0.388 e. The quantitative estimate of drug-likeness (QED) is 0.843. The summed E-state index contributed by atoms with van der Waals surface area (Å²) in [4.78, 5) is 14.4. The van der Waals surface area contributed by atoms with E-state index < -0.39 is 5.60 Å². The van der Waals surface area contributed by atoms with E-state index in [0.29, 0.717) is 6.54 Å². The standard InChI is InChI=1S/C16H25NO2S2/c1-3-5-13-12(4-2)10-14(21-13)15(18)17-11-16(19)6-8-20-9-7-16/h10,19H,3-9,11H2,1-2H3,(H,17,18). The lowest BCUT2D eigenvalue weighted by Crippen LogP contribution is -2.45. The van der Waals surface area contributed by atoms with E-state index >= 15 is 0 Å². The van der Waals surface area contributed by atoms with Crippen LogP contribution in [0.25, 0.3) is 0 Å². The van der Waals surface area contributed by atoms with Gasteiger partial charge in [-0.1, -0.05) is 20.3 Å². The number of aliphatic hydroxyl groups is 1. The number of carbonyl (C=O) groups excluding carboxylic acids is 1. The average molecular weight is 328 g/mol. The van der Waals surface area contributed by atoms with Gasteiger partial charge in [0.25, 0.3) is 5.91 Å². The summed E-state index contributed by atoms with van der Waals surface area (Å²) in [5, 5.41) is 13.4. The number of rotatable bonds is 6. The minimum Gasteiger partial charge on any atom is -0.388 e. The molecule has 0 unspecified atom stereocenters. The van der Waals surface area contributed by atoms with Crippen LogP contribution in [0.3, 0.4) is 0 Å². The maximum absolute atomic E-state index is 12.3. The van der Waals surface area contributed by atoms with Crippen molar-refractivity contribution in [3.63, 3.8) is 0 Å². The van der Waals surface area contributed by atoms with Crippen LogP contribution in [0.2, 0.25) is 0 Å². The molecule has 1 saturated heterocycles. The molecule has 1 aliphatic rings. The maximum atomic E-state index is 12.3. The Morgan fingerprint density at radius 3 is 2.71 bits per heavy atom.